The number of ether oxygens (including phenoxy) is 1. The van der Waals surface area contributed by atoms with E-state index in [4.69, 9.17) is 4.74 Å². The van der Waals surface area contributed by atoms with Crippen molar-refractivity contribution >= 4 is 43.5 Å². The van der Waals surface area contributed by atoms with Crippen LogP contribution in [0.4, 0.5) is 5.69 Å². The van der Waals surface area contributed by atoms with E-state index >= 15 is 0 Å². The molecule has 1 saturated carbocycles. The molecule has 0 saturated heterocycles. The number of nitrogens with zero attached hydrogens (tertiary/aromatic N) is 2. The van der Waals surface area contributed by atoms with Gasteiger partial charge in [-0.05, 0) is 80.3 Å². The minimum atomic E-state index is -4.11. The lowest BCUT2D eigenvalue weighted by Gasteiger charge is -2.33. The number of nitrogens with one attached hydrogen (secondary N) is 1. The first-order valence-electron chi connectivity index (χ1n) is 14.2. The Morgan fingerprint density at radius 2 is 1.60 bits per heavy atom. The Kier molecular flexibility index (Phi) is 10.7. The summed E-state index contributed by atoms with van der Waals surface area (Å²) in [6.45, 7) is 3.41. The molecule has 0 aromatic heterocycles. The topological polar surface area (TPSA) is 96.0 Å². The molecule has 1 aliphatic carbocycles. The Hall–Kier alpha value is -3.37. The number of sulfonamides is 1. The average Bonchev–Trinajstić information content (AvgIpc) is 3.49. The molecule has 0 radical (unpaired) electrons. The number of anilines is 1. The van der Waals surface area contributed by atoms with Crippen LogP contribution in [0.25, 0.3) is 0 Å². The van der Waals surface area contributed by atoms with Gasteiger partial charge >= 0.3 is 0 Å². The predicted octanol–water partition coefficient (Wildman–Crippen LogP) is 5.83. The van der Waals surface area contributed by atoms with Crippen LogP contribution < -0.4 is 14.4 Å². The molecule has 4 rings (SSSR count). The van der Waals surface area contributed by atoms with Crippen LogP contribution in [0.3, 0.4) is 0 Å². The number of aryl methyl sites for hydroxylation is 1. The second-order valence-corrected chi connectivity index (χ2v) is 13.4. The number of benzene rings is 3. The minimum Gasteiger partial charge on any atom is -0.497 e. The summed E-state index contributed by atoms with van der Waals surface area (Å²) in [5, 5.41) is 3.13. The maximum Gasteiger partial charge on any atom is 0.264 e. The molecule has 10 heteroatoms. The zero-order chi connectivity index (χ0) is 30.3. The number of rotatable bonds is 12. The van der Waals surface area contributed by atoms with Gasteiger partial charge in [-0.15, -0.1) is 0 Å². The van der Waals surface area contributed by atoms with Gasteiger partial charge in [-0.1, -0.05) is 65.5 Å². The number of carbonyl (C=O) groups is 2. The SMILES string of the molecule is CCC(C(=O)NC1CCCC1)N(Cc1ccc(OC)cc1)C(=O)CN(c1ccc(Br)cc1)S(=O)(=O)c1ccc(C)cc1. The van der Waals surface area contributed by atoms with Gasteiger partial charge in [-0.25, -0.2) is 8.42 Å². The van der Waals surface area contributed by atoms with Gasteiger partial charge in [0.05, 0.1) is 17.7 Å². The highest BCUT2D eigenvalue weighted by Crippen LogP contribution is 2.27. The Labute approximate surface area is 257 Å². The highest BCUT2D eigenvalue weighted by Gasteiger charge is 2.34. The number of amides is 2. The summed E-state index contributed by atoms with van der Waals surface area (Å²) >= 11 is 3.40. The van der Waals surface area contributed by atoms with E-state index in [9.17, 15) is 18.0 Å². The molecule has 42 heavy (non-hydrogen) atoms. The summed E-state index contributed by atoms with van der Waals surface area (Å²) < 4.78 is 35.1. The molecule has 1 unspecified atom stereocenters. The molecule has 8 nitrogen and oxygen atoms in total. The quantitative estimate of drug-likeness (QED) is 0.265. The fraction of sp³-hybridized carbons (Fsp3) is 0.375. The number of halogens is 1. The van der Waals surface area contributed by atoms with Crippen molar-refractivity contribution in [3.63, 3.8) is 0 Å². The van der Waals surface area contributed by atoms with Crippen molar-refractivity contribution in [2.75, 3.05) is 18.0 Å². The summed E-state index contributed by atoms with van der Waals surface area (Å²) in [6, 6.07) is 19.9. The van der Waals surface area contributed by atoms with Crippen molar-refractivity contribution in [2.24, 2.45) is 0 Å². The smallest absolute Gasteiger partial charge is 0.264 e. The molecule has 1 atom stereocenters. The van der Waals surface area contributed by atoms with Crippen LogP contribution in [0.1, 0.15) is 50.2 Å². The van der Waals surface area contributed by atoms with E-state index in [1.165, 1.54) is 4.90 Å². The molecule has 224 valence electrons. The van der Waals surface area contributed by atoms with E-state index in [1.54, 1.807) is 67.8 Å². The van der Waals surface area contributed by atoms with Gasteiger partial charge in [0, 0.05) is 17.1 Å². The lowest BCUT2D eigenvalue weighted by Crippen LogP contribution is -2.53. The van der Waals surface area contributed by atoms with Crippen LogP contribution in [-0.4, -0.2) is 50.9 Å². The van der Waals surface area contributed by atoms with Gasteiger partial charge in [-0.2, -0.15) is 0 Å². The molecule has 3 aromatic carbocycles. The van der Waals surface area contributed by atoms with Gasteiger partial charge in [0.2, 0.25) is 11.8 Å². The Bertz CT molecular complexity index is 1460. The third-order valence-electron chi connectivity index (χ3n) is 7.60. The van der Waals surface area contributed by atoms with Crippen molar-refractivity contribution in [2.45, 2.75) is 69.5 Å². The fourth-order valence-corrected chi connectivity index (χ4v) is 6.87. The molecule has 1 N–H and O–H groups in total. The second-order valence-electron chi connectivity index (χ2n) is 10.6. The first-order valence-corrected chi connectivity index (χ1v) is 16.4. The van der Waals surface area contributed by atoms with Crippen molar-refractivity contribution in [1.82, 2.24) is 10.2 Å². The maximum absolute atomic E-state index is 14.2. The molecule has 0 aliphatic heterocycles. The highest BCUT2D eigenvalue weighted by atomic mass is 79.9. The van der Waals surface area contributed by atoms with Gasteiger partial charge in [-0.3, -0.25) is 13.9 Å². The second kappa shape index (κ2) is 14.2. The minimum absolute atomic E-state index is 0.0801. The normalized spacial score (nSPS) is 14.3. The molecule has 1 fully saturated rings. The van der Waals surface area contributed by atoms with Gasteiger partial charge < -0.3 is 15.0 Å². The van der Waals surface area contributed by atoms with Crippen LogP contribution in [0.5, 0.6) is 5.75 Å². The summed E-state index contributed by atoms with van der Waals surface area (Å²) in [5.41, 5.74) is 2.07. The maximum atomic E-state index is 14.2. The summed E-state index contributed by atoms with van der Waals surface area (Å²) in [7, 11) is -2.53. The molecular formula is C32H38BrN3O5S. The first-order chi connectivity index (χ1) is 20.1. The van der Waals surface area contributed by atoms with E-state index in [2.05, 4.69) is 21.2 Å². The lowest BCUT2D eigenvalue weighted by atomic mass is 10.1. The van der Waals surface area contributed by atoms with E-state index in [0.29, 0.717) is 17.9 Å². The lowest BCUT2D eigenvalue weighted by molar-refractivity contribution is -0.140. The molecule has 1 aliphatic rings. The number of carbonyl (C=O) groups excluding carboxylic acids is 2. The van der Waals surface area contributed by atoms with E-state index < -0.39 is 28.5 Å². The first kappa shape index (κ1) is 31.6. The van der Waals surface area contributed by atoms with Crippen molar-refractivity contribution in [3.05, 3.63) is 88.4 Å². The number of hydrogen-bond donors (Lipinski definition) is 1. The number of methoxy groups -OCH3 is 1. The Morgan fingerprint density at radius 3 is 2.17 bits per heavy atom. The third-order valence-corrected chi connectivity index (χ3v) is 9.92. The zero-order valence-electron chi connectivity index (χ0n) is 24.3. The van der Waals surface area contributed by atoms with Crippen molar-refractivity contribution < 1.29 is 22.7 Å². The monoisotopic (exact) mass is 655 g/mol. The molecule has 0 spiro atoms. The Balaban J connectivity index is 1.70. The molecule has 2 amide bonds. The van der Waals surface area contributed by atoms with Crippen molar-refractivity contribution in [3.8, 4) is 5.75 Å². The molecule has 0 bridgehead atoms. The largest absolute Gasteiger partial charge is 0.497 e. The van der Waals surface area contributed by atoms with Crippen molar-refractivity contribution in [1.29, 1.82) is 0 Å². The van der Waals surface area contributed by atoms with Crippen LogP contribution in [-0.2, 0) is 26.2 Å². The van der Waals surface area contributed by atoms with Crippen LogP contribution in [0, 0.1) is 6.92 Å². The standard InChI is InChI=1S/C32H38BrN3O5S/c1-4-30(32(38)34-26-7-5-6-8-26)35(21-24-11-17-28(41-3)18-12-24)31(37)22-36(27-15-13-25(33)14-16-27)42(39,40)29-19-9-23(2)10-20-29/h9-20,26,30H,4-8,21-22H2,1-3H3,(H,34,38). The number of hydrogen-bond acceptors (Lipinski definition) is 5. The predicted molar refractivity (Wildman–Crippen MR) is 168 cm³/mol. The zero-order valence-corrected chi connectivity index (χ0v) is 26.7. The summed E-state index contributed by atoms with van der Waals surface area (Å²) in [5.74, 6) is -0.0195. The van der Waals surface area contributed by atoms with Crippen LogP contribution in [0.15, 0.2) is 82.2 Å². The molecular weight excluding hydrogens is 618 g/mol. The molecule has 3 aromatic rings. The van der Waals surface area contributed by atoms with E-state index in [1.807, 2.05) is 26.0 Å². The van der Waals surface area contributed by atoms with Gasteiger partial charge in [0.15, 0.2) is 0 Å². The highest BCUT2D eigenvalue weighted by molar-refractivity contribution is 9.10. The van der Waals surface area contributed by atoms with Gasteiger partial charge in [0.25, 0.3) is 10.0 Å². The fourth-order valence-electron chi connectivity index (χ4n) is 5.19. The Morgan fingerprint density at radius 1 is 0.976 bits per heavy atom. The van der Waals surface area contributed by atoms with Crippen LogP contribution in [0.2, 0.25) is 0 Å². The molecule has 0 heterocycles. The summed E-state index contributed by atoms with van der Waals surface area (Å²) in [6.07, 6.45) is 4.34. The average molecular weight is 657 g/mol. The third kappa shape index (κ3) is 7.72. The van der Waals surface area contributed by atoms with Crippen LogP contribution >= 0.6 is 15.9 Å². The van der Waals surface area contributed by atoms with E-state index in [-0.39, 0.29) is 23.4 Å². The van der Waals surface area contributed by atoms with E-state index in [0.717, 1.165) is 45.6 Å². The van der Waals surface area contributed by atoms with Gasteiger partial charge in [0.1, 0.15) is 18.3 Å². The summed E-state index contributed by atoms with van der Waals surface area (Å²) in [4.78, 5) is 29.3.